The van der Waals surface area contributed by atoms with E-state index in [0.29, 0.717) is 18.1 Å². The van der Waals surface area contributed by atoms with Gasteiger partial charge in [-0.05, 0) is 57.2 Å². The topological polar surface area (TPSA) is 76.2 Å². The second-order valence-corrected chi connectivity index (χ2v) is 8.05. The molecule has 154 valence electrons. The van der Waals surface area contributed by atoms with Gasteiger partial charge in [-0.3, -0.25) is 9.36 Å². The standard InChI is InChI=1S/C23H24FN5O/c1-15-4-10-18(11-5-15)26-21-20(16-6-8-17(24)9-7-16)27-19-14-28(12-13-29(19)21)22(30)23(2,3)25/h4-13,26H,14,25H2,1-3H3. The number of hydrogen-bond acceptors (Lipinski definition) is 4. The number of aromatic nitrogens is 2. The van der Waals surface area contributed by atoms with E-state index in [1.54, 1.807) is 43.3 Å². The van der Waals surface area contributed by atoms with Crippen molar-refractivity contribution in [2.75, 3.05) is 5.32 Å². The Morgan fingerprint density at radius 1 is 1.10 bits per heavy atom. The minimum atomic E-state index is -0.984. The quantitative estimate of drug-likeness (QED) is 0.680. The summed E-state index contributed by atoms with van der Waals surface area (Å²) >= 11 is 0. The molecule has 0 saturated carbocycles. The van der Waals surface area contributed by atoms with E-state index in [1.165, 1.54) is 12.1 Å². The molecule has 0 atom stereocenters. The maximum Gasteiger partial charge on any atom is 0.246 e. The van der Waals surface area contributed by atoms with Crippen LogP contribution < -0.4 is 11.1 Å². The number of halogens is 1. The number of amides is 1. The molecule has 1 aliphatic heterocycles. The van der Waals surface area contributed by atoms with E-state index < -0.39 is 5.54 Å². The third-order valence-electron chi connectivity index (χ3n) is 4.94. The number of hydrogen-bond donors (Lipinski definition) is 2. The van der Waals surface area contributed by atoms with Crippen molar-refractivity contribution in [2.24, 2.45) is 5.73 Å². The first-order chi connectivity index (χ1) is 14.2. The second-order valence-electron chi connectivity index (χ2n) is 8.05. The van der Waals surface area contributed by atoms with Crippen LogP contribution in [0.3, 0.4) is 0 Å². The number of rotatable bonds is 4. The first-order valence-corrected chi connectivity index (χ1v) is 9.71. The molecule has 0 saturated heterocycles. The fraction of sp³-hybridized carbons (Fsp3) is 0.217. The molecule has 2 heterocycles. The van der Waals surface area contributed by atoms with Crippen LogP contribution in [0.1, 0.15) is 25.2 Å². The molecule has 0 unspecified atom stereocenters. The van der Waals surface area contributed by atoms with Crippen molar-refractivity contribution >= 4 is 23.6 Å². The summed E-state index contributed by atoms with van der Waals surface area (Å²) in [6, 6.07) is 14.2. The maximum absolute atomic E-state index is 13.5. The first-order valence-electron chi connectivity index (χ1n) is 9.71. The van der Waals surface area contributed by atoms with Crippen molar-refractivity contribution in [3.63, 3.8) is 0 Å². The van der Waals surface area contributed by atoms with Gasteiger partial charge < -0.3 is 16.0 Å². The molecule has 0 fully saturated rings. The highest BCUT2D eigenvalue weighted by Crippen LogP contribution is 2.34. The number of aryl methyl sites for hydroxylation is 1. The van der Waals surface area contributed by atoms with Gasteiger partial charge in [0.1, 0.15) is 23.2 Å². The lowest BCUT2D eigenvalue weighted by atomic mass is 10.1. The zero-order valence-corrected chi connectivity index (χ0v) is 17.2. The number of carbonyl (C=O) groups is 1. The molecule has 0 bridgehead atoms. The van der Waals surface area contributed by atoms with Crippen LogP contribution in [0.5, 0.6) is 0 Å². The van der Waals surface area contributed by atoms with Crippen LogP contribution >= 0.6 is 0 Å². The Kier molecular flexibility index (Phi) is 4.91. The Morgan fingerprint density at radius 3 is 2.40 bits per heavy atom. The SMILES string of the molecule is Cc1ccc(Nc2c(-c3ccc(F)cc3)nc3n2C=CN(C(=O)C(C)(C)N)C3)cc1. The predicted molar refractivity (Wildman–Crippen MR) is 116 cm³/mol. The number of fused-ring (bicyclic) bond motifs is 1. The van der Waals surface area contributed by atoms with Crippen molar-refractivity contribution in [3.8, 4) is 11.3 Å². The normalized spacial score (nSPS) is 13.3. The van der Waals surface area contributed by atoms with Crippen LogP contribution in [0.25, 0.3) is 17.5 Å². The van der Waals surface area contributed by atoms with Crippen LogP contribution in [0.2, 0.25) is 0 Å². The molecule has 2 aromatic carbocycles. The molecule has 4 rings (SSSR count). The number of benzene rings is 2. The summed E-state index contributed by atoms with van der Waals surface area (Å²) in [4.78, 5) is 18.9. The molecule has 1 amide bonds. The van der Waals surface area contributed by atoms with Gasteiger partial charge in [-0.1, -0.05) is 17.7 Å². The maximum atomic E-state index is 13.5. The molecule has 30 heavy (non-hydrogen) atoms. The predicted octanol–water partition coefficient (Wildman–Crippen LogP) is 4.25. The average Bonchev–Trinajstić information content (AvgIpc) is 3.06. The third-order valence-corrected chi connectivity index (χ3v) is 4.94. The van der Waals surface area contributed by atoms with Gasteiger partial charge in [0.05, 0.1) is 12.1 Å². The van der Waals surface area contributed by atoms with Crippen LogP contribution in [-0.2, 0) is 11.3 Å². The van der Waals surface area contributed by atoms with Gasteiger partial charge in [-0.15, -0.1) is 0 Å². The Bertz CT molecular complexity index is 1110. The molecule has 1 aromatic heterocycles. The smallest absolute Gasteiger partial charge is 0.246 e. The van der Waals surface area contributed by atoms with Crippen LogP contribution in [-0.4, -0.2) is 25.9 Å². The number of nitrogens with two attached hydrogens (primary N) is 1. The lowest BCUT2D eigenvalue weighted by Crippen LogP contribution is -2.49. The molecule has 7 heteroatoms. The summed E-state index contributed by atoms with van der Waals surface area (Å²) in [7, 11) is 0. The molecular formula is C23H24FN5O. The van der Waals surface area contributed by atoms with Gasteiger partial charge in [-0.25, -0.2) is 9.37 Å². The van der Waals surface area contributed by atoms with E-state index in [2.05, 4.69) is 5.32 Å². The third kappa shape index (κ3) is 3.84. The highest BCUT2D eigenvalue weighted by atomic mass is 19.1. The largest absolute Gasteiger partial charge is 0.339 e. The molecule has 0 radical (unpaired) electrons. The first kappa shape index (κ1) is 19.8. The van der Waals surface area contributed by atoms with Gasteiger partial charge in [0.15, 0.2) is 0 Å². The van der Waals surface area contributed by atoms with Crippen molar-refractivity contribution in [3.05, 3.63) is 71.9 Å². The van der Waals surface area contributed by atoms with Crippen molar-refractivity contribution in [1.82, 2.24) is 14.5 Å². The van der Waals surface area contributed by atoms with E-state index in [9.17, 15) is 9.18 Å². The van der Waals surface area contributed by atoms with Gasteiger partial charge in [0, 0.05) is 23.7 Å². The number of nitrogens with one attached hydrogen (secondary N) is 1. The summed E-state index contributed by atoms with van der Waals surface area (Å²) in [5.41, 5.74) is 8.52. The number of carbonyl (C=O) groups excluding carboxylic acids is 1. The minimum absolute atomic E-state index is 0.190. The molecule has 3 aromatic rings. The lowest BCUT2D eigenvalue weighted by Gasteiger charge is -2.28. The van der Waals surface area contributed by atoms with Crippen molar-refractivity contribution < 1.29 is 9.18 Å². The molecule has 1 aliphatic rings. The van der Waals surface area contributed by atoms with Crippen molar-refractivity contribution in [2.45, 2.75) is 32.9 Å². The molecular weight excluding hydrogens is 381 g/mol. The van der Waals surface area contributed by atoms with Crippen LogP contribution in [0.4, 0.5) is 15.9 Å². The Labute approximate surface area is 174 Å². The summed E-state index contributed by atoms with van der Waals surface area (Å²) in [5, 5.41) is 3.42. The van der Waals surface area contributed by atoms with E-state index in [1.807, 2.05) is 35.8 Å². The monoisotopic (exact) mass is 405 g/mol. The number of imidazole rings is 1. The number of nitrogens with zero attached hydrogens (tertiary/aromatic N) is 3. The van der Waals surface area contributed by atoms with E-state index in [0.717, 1.165) is 22.6 Å². The Morgan fingerprint density at radius 2 is 1.77 bits per heavy atom. The molecule has 0 spiro atoms. The van der Waals surface area contributed by atoms with Gasteiger partial charge >= 0.3 is 0 Å². The fourth-order valence-electron chi connectivity index (χ4n) is 3.32. The van der Waals surface area contributed by atoms with Gasteiger partial charge in [-0.2, -0.15) is 0 Å². The lowest BCUT2D eigenvalue weighted by molar-refractivity contribution is -0.133. The number of anilines is 2. The summed E-state index contributed by atoms with van der Waals surface area (Å²) in [6.07, 6.45) is 3.50. The zero-order chi connectivity index (χ0) is 21.5. The Balaban J connectivity index is 1.76. The summed E-state index contributed by atoms with van der Waals surface area (Å²) < 4.78 is 15.4. The van der Waals surface area contributed by atoms with Gasteiger partial charge in [0.2, 0.25) is 5.91 Å². The van der Waals surface area contributed by atoms with Crippen molar-refractivity contribution in [1.29, 1.82) is 0 Å². The van der Waals surface area contributed by atoms with Gasteiger partial charge in [0.25, 0.3) is 0 Å². The minimum Gasteiger partial charge on any atom is -0.339 e. The highest BCUT2D eigenvalue weighted by molar-refractivity contribution is 5.87. The average molecular weight is 405 g/mol. The van der Waals surface area contributed by atoms with E-state index in [-0.39, 0.29) is 11.7 Å². The summed E-state index contributed by atoms with van der Waals surface area (Å²) in [5.74, 6) is 0.932. The van der Waals surface area contributed by atoms with E-state index in [4.69, 9.17) is 10.7 Å². The summed E-state index contributed by atoms with van der Waals surface area (Å²) in [6.45, 7) is 5.68. The zero-order valence-electron chi connectivity index (χ0n) is 17.2. The van der Waals surface area contributed by atoms with Crippen LogP contribution in [0.15, 0.2) is 54.7 Å². The molecule has 0 aliphatic carbocycles. The second kappa shape index (κ2) is 7.42. The fourth-order valence-corrected chi connectivity index (χ4v) is 3.32. The highest BCUT2D eigenvalue weighted by Gasteiger charge is 2.30. The molecule has 3 N–H and O–H groups in total. The van der Waals surface area contributed by atoms with E-state index >= 15 is 0 Å². The Hall–Kier alpha value is -3.45. The van der Waals surface area contributed by atoms with Crippen LogP contribution in [0, 0.1) is 12.7 Å². The molecule has 6 nitrogen and oxygen atoms in total.